The van der Waals surface area contributed by atoms with Gasteiger partial charge in [0.2, 0.25) is 0 Å². The molecule has 0 radical (unpaired) electrons. The minimum atomic E-state index is -1.79. The Labute approximate surface area is 218 Å². The quantitative estimate of drug-likeness (QED) is 0.109. The zero-order chi connectivity index (χ0) is 25.5. The van der Waals surface area contributed by atoms with Gasteiger partial charge in [-0.1, -0.05) is 109 Å². The number of halogens is 1. The molecule has 36 heavy (non-hydrogen) atoms. The average Bonchev–Trinajstić information content (AvgIpc) is 3.58. The summed E-state index contributed by atoms with van der Waals surface area (Å²) < 4.78 is 12.4. The highest BCUT2D eigenvalue weighted by atomic mass is 79.9. The molecule has 3 atom stereocenters. The fraction of sp³-hybridized carbons (Fsp3) is 0.233. The Balaban J connectivity index is 1.67. The van der Waals surface area contributed by atoms with Crippen molar-refractivity contribution >= 4 is 39.4 Å². The van der Waals surface area contributed by atoms with Crippen LogP contribution in [0.5, 0.6) is 5.75 Å². The second-order valence-corrected chi connectivity index (χ2v) is 9.99. The van der Waals surface area contributed by atoms with Crippen LogP contribution in [0.2, 0.25) is 0 Å². The van der Waals surface area contributed by atoms with Gasteiger partial charge in [-0.05, 0) is 18.9 Å². The average molecular weight is 545 g/mol. The summed E-state index contributed by atoms with van der Waals surface area (Å²) in [6.07, 6.45) is 0.840. The summed E-state index contributed by atoms with van der Waals surface area (Å²) in [5.41, 5.74) is -1.31. The second-order valence-electron chi connectivity index (χ2n) is 9.03. The Morgan fingerprint density at radius 1 is 0.889 bits per heavy atom. The number of rotatable bonds is 7. The van der Waals surface area contributed by atoms with Gasteiger partial charge in [0.1, 0.15) is 11.5 Å². The summed E-state index contributed by atoms with van der Waals surface area (Å²) in [4.78, 5) is 42.0. The molecular formula is C30H25BrO5. The van der Waals surface area contributed by atoms with E-state index in [1.165, 1.54) is 0 Å². The fourth-order valence-electron chi connectivity index (χ4n) is 5.70. The van der Waals surface area contributed by atoms with Gasteiger partial charge in [0.15, 0.2) is 11.2 Å². The highest BCUT2D eigenvalue weighted by molar-refractivity contribution is 9.11. The van der Waals surface area contributed by atoms with Crippen LogP contribution in [-0.2, 0) is 14.3 Å². The summed E-state index contributed by atoms with van der Waals surface area (Å²) in [7, 11) is 0. The minimum absolute atomic E-state index is 0.263. The van der Waals surface area contributed by atoms with Gasteiger partial charge >= 0.3 is 11.9 Å². The smallest absolute Gasteiger partial charge is 0.330 e. The van der Waals surface area contributed by atoms with Crippen molar-refractivity contribution in [2.45, 2.75) is 32.6 Å². The van der Waals surface area contributed by atoms with E-state index >= 15 is 0 Å². The van der Waals surface area contributed by atoms with Crippen LogP contribution in [0.25, 0.3) is 5.76 Å². The first-order valence-corrected chi connectivity index (χ1v) is 12.8. The van der Waals surface area contributed by atoms with Crippen molar-refractivity contribution in [1.82, 2.24) is 0 Å². The number of benzene rings is 3. The van der Waals surface area contributed by atoms with Gasteiger partial charge in [-0.2, -0.15) is 0 Å². The van der Waals surface area contributed by atoms with Crippen LogP contribution in [-0.4, -0.2) is 17.7 Å². The highest BCUT2D eigenvalue weighted by Crippen LogP contribution is 2.80. The molecule has 0 bridgehead atoms. The summed E-state index contributed by atoms with van der Waals surface area (Å²) in [5, 5.41) is 0. The fourth-order valence-corrected chi connectivity index (χ4v) is 6.01. The zero-order valence-electron chi connectivity index (χ0n) is 20.0. The molecule has 5 nitrogen and oxygen atoms in total. The summed E-state index contributed by atoms with van der Waals surface area (Å²) in [6.45, 7) is 3.76. The molecule has 0 saturated heterocycles. The third-order valence-electron chi connectivity index (χ3n) is 7.41. The lowest BCUT2D eigenvalue weighted by molar-refractivity contribution is -0.158. The molecule has 0 unspecified atom stereocenters. The largest absolute Gasteiger partial charge is 0.425 e. The van der Waals surface area contributed by atoms with Crippen LogP contribution < -0.4 is 4.74 Å². The molecule has 1 heterocycles. The van der Waals surface area contributed by atoms with Crippen LogP contribution >= 0.6 is 15.9 Å². The number of hydrogen-bond donors (Lipinski definition) is 0. The molecule has 182 valence electrons. The lowest BCUT2D eigenvalue weighted by atomic mass is 9.83. The van der Waals surface area contributed by atoms with Crippen molar-refractivity contribution < 1.29 is 23.9 Å². The van der Waals surface area contributed by atoms with Gasteiger partial charge in [0.05, 0.1) is 5.41 Å². The van der Waals surface area contributed by atoms with E-state index in [0.29, 0.717) is 39.1 Å². The zero-order valence-corrected chi connectivity index (χ0v) is 21.6. The molecule has 1 aliphatic carbocycles. The number of esters is 2. The molecule has 3 aromatic carbocycles. The van der Waals surface area contributed by atoms with E-state index in [0.717, 1.165) is 0 Å². The van der Waals surface area contributed by atoms with Crippen molar-refractivity contribution in [3.63, 3.8) is 0 Å². The van der Waals surface area contributed by atoms with Crippen LogP contribution in [0.3, 0.4) is 0 Å². The third kappa shape index (κ3) is 3.31. The number of para-hydroxylation sites is 1. The maximum Gasteiger partial charge on any atom is 0.330 e. The van der Waals surface area contributed by atoms with Crippen LogP contribution in [0.1, 0.15) is 54.1 Å². The first kappa shape index (κ1) is 24.2. The first-order chi connectivity index (χ1) is 17.4. The molecule has 0 aromatic heterocycles. The molecule has 1 aliphatic heterocycles. The van der Waals surface area contributed by atoms with Gasteiger partial charge in [0.25, 0.3) is 0 Å². The summed E-state index contributed by atoms with van der Waals surface area (Å²) >= 11 is 3.54. The maximum absolute atomic E-state index is 14.2. The van der Waals surface area contributed by atoms with E-state index in [9.17, 15) is 14.4 Å². The number of ketones is 1. The first-order valence-electron chi connectivity index (χ1n) is 12.0. The molecule has 3 aromatic rings. The molecule has 1 saturated carbocycles. The summed E-state index contributed by atoms with van der Waals surface area (Å²) in [6, 6.07) is 25.1. The van der Waals surface area contributed by atoms with Gasteiger partial charge < -0.3 is 9.47 Å². The van der Waals surface area contributed by atoms with Crippen molar-refractivity contribution in [2.24, 2.45) is 10.8 Å². The van der Waals surface area contributed by atoms with Gasteiger partial charge in [0, 0.05) is 27.1 Å². The number of hydrogen-bond acceptors (Lipinski definition) is 5. The number of allylic oxidation sites excluding steroid dienone is 1. The third-order valence-corrected chi connectivity index (χ3v) is 8.33. The van der Waals surface area contributed by atoms with Crippen LogP contribution in [0, 0.1) is 10.8 Å². The predicted molar refractivity (Wildman–Crippen MR) is 139 cm³/mol. The Morgan fingerprint density at radius 2 is 1.47 bits per heavy atom. The molecule has 1 fully saturated rings. The molecule has 0 amide bonds. The van der Waals surface area contributed by atoms with Crippen molar-refractivity contribution in [3.8, 4) is 5.75 Å². The molecule has 5 rings (SSSR count). The van der Waals surface area contributed by atoms with E-state index in [1.807, 2.05) is 62.4 Å². The number of ether oxygens (including phenoxy) is 2. The van der Waals surface area contributed by atoms with Crippen molar-refractivity contribution in [2.75, 3.05) is 0 Å². The second kappa shape index (κ2) is 9.17. The highest BCUT2D eigenvalue weighted by Gasteiger charge is 2.90. The standard InChI is InChI=1S/C30H25BrO5/c1-3-22(31)24(19-13-7-5-8-14-19)36-28(34)30-25(21-17-11-12-18-23(21)35-27(30)33)29(30,4-2)26(32)20-15-9-6-10-16-20/h5-18,25H,3-4H2,1-2H3/b24-22+/t25-,29+,30+/m0/s1. The van der Waals surface area contributed by atoms with E-state index in [2.05, 4.69) is 15.9 Å². The molecular weight excluding hydrogens is 520 g/mol. The lowest BCUT2D eigenvalue weighted by Crippen LogP contribution is -2.40. The number of carbonyl (C=O) groups excluding carboxylic acids is 3. The topological polar surface area (TPSA) is 69.7 Å². The Bertz CT molecular complexity index is 1380. The molecule has 0 spiro atoms. The molecule has 2 aliphatic rings. The van der Waals surface area contributed by atoms with Crippen molar-refractivity contribution in [3.05, 3.63) is 106 Å². The van der Waals surface area contributed by atoms with E-state index in [1.54, 1.807) is 36.4 Å². The predicted octanol–water partition coefficient (Wildman–Crippen LogP) is 6.69. The van der Waals surface area contributed by atoms with Gasteiger partial charge in [-0.15, -0.1) is 0 Å². The summed E-state index contributed by atoms with van der Waals surface area (Å²) in [5.74, 6) is -1.77. The minimum Gasteiger partial charge on any atom is -0.425 e. The van der Waals surface area contributed by atoms with Gasteiger partial charge in [-0.3, -0.25) is 14.4 Å². The van der Waals surface area contributed by atoms with Crippen LogP contribution in [0.4, 0.5) is 0 Å². The Kier molecular flexibility index (Phi) is 6.17. The number of fused-ring (bicyclic) bond motifs is 3. The van der Waals surface area contributed by atoms with Crippen LogP contribution in [0.15, 0.2) is 89.4 Å². The lowest BCUT2D eigenvalue weighted by Gasteiger charge is -2.24. The number of Topliss-reactive ketones (excluding diaryl/α,β-unsaturated/α-hetero) is 1. The van der Waals surface area contributed by atoms with E-state index in [4.69, 9.17) is 9.47 Å². The normalized spacial score (nSPS) is 24.5. The SMILES string of the molecule is CC/C(Br)=C(\OC(=O)[C@]12C(=O)Oc3ccccc3[C@H]1[C@]2(CC)C(=O)c1ccccc1)c1ccccc1. The number of carbonyl (C=O) groups is 3. The molecule has 0 N–H and O–H groups in total. The van der Waals surface area contributed by atoms with Crippen molar-refractivity contribution in [1.29, 1.82) is 0 Å². The van der Waals surface area contributed by atoms with E-state index in [-0.39, 0.29) is 12.2 Å². The monoisotopic (exact) mass is 544 g/mol. The molecule has 6 heteroatoms. The maximum atomic E-state index is 14.2. The Hall–Kier alpha value is -3.51. The van der Waals surface area contributed by atoms with E-state index < -0.39 is 28.7 Å². The Morgan fingerprint density at radius 3 is 2.08 bits per heavy atom. The van der Waals surface area contributed by atoms with Gasteiger partial charge in [-0.25, -0.2) is 0 Å².